The van der Waals surface area contributed by atoms with E-state index in [4.69, 9.17) is 10.3 Å². The lowest BCUT2D eigenvalue weighted by Gasteiger charge is -2.07. The average Bonchev–Trinajstić information content (AvgIpc) is 2.98. The van der Waals surface area contributed by atoms with Crippen molar-refractivity contribution in [3.63, 3.8) is 0 Å². The van der Waals surface area contributed by atoms with Gasteiger partial charge in [-0.05, 0) is 24.3 Å². The Hall–Kier alpha value is -2.43. The van der Waals surface area contributed by atoms with Gasteiger partial charge in [-0.1, -0.05) is 0 Å². The Morgan fingerprint density at radius 2 is 2.10 bits per heavy atom. The zero-order valence-corrected chi connectivity index (χ0v) is 11.5. The van der Waals surface area contributed by atoms with Crippen molar-refractivity contribution in [2.75, 3.05) is 5.43 Å². The fourth-order valence-corrected chi connectivity index (χ4v) is 2.78. The van der Waals surface area contributed by atoms with Crippen LogP contribution in [-0.2, 0) is 16.6 Å². The van der Waals surface area contributed by atoms with E-state index in [2.05, 4.69) is 10.1 Å². The van der Waals surface area contributed by atoms with E-state index in [1.54, 1.807) is 12.1 Å². The molecule has 0 fully saturated rings. The van der Waals surface area contributed by atoms with Crippen molar-refractivity contribution >= 4 is 21.4 Å². The second-order valence-corrected chi connectivity index (χ2v) is 5.72. The van der Waals surface area contributed by atoms with E-state index >= 15 is 0 Å². The van der Waals surface area contributed by atoms with Crippen molar-refractivity contribution in [2.24, 2.45) is 5.84 Å². The van der Waals surface area contributed by atoms with Gasteiger partial charge in [-0.2, -0.15) is 0 Å². The number of hydrogen-bond donors (Lipinski definition) is 3. The van der Waals surface area contributed by atoms with Crippen LogP contribution in [0.3, 0.4) is 0 Å². The zero-order valence-electron chi connectivity index (χ0n) is 10.6. The van der Waals surface area contributed by atoms with Gasteiger partial charge in [-0.15, -0.1) is 0 Å². The van der Waals surface area contributed by atoms with Crippen LogP contribution < -0.4 is 16.0 Å². The molecule has 1 heterocycles. The number of benzene rings is 1. The molecule has 0 unspecified atom stereocenters. The van der Waals surface area contributed by atoms with Gasteiger partial charge in [0, 0.05) is 6.07 Å². The predicted octanol–water partition coefficient (Wildman–Crippen LogP) is 0.952. The number of nitrogens with two attached hydrogens (primary N) is 1. The molecule has 0 amide bonds. The summed E-state index contributed by atoms with van der Waals surface area (Å²) in [5, 5.41) is 11.0. The smallest absolute Gasteiger partial charge is 0.291 e. The molecule has 10 heteroatoms. The standard InChI is InChI=1S/C11H12N4O5S/c12-14-8-3-4-11(10(6-8)15(16)17)21(18,19)13-7-9-2-1-5-20-9/h1-6,13-14H,7,12H2. The second-order valence-electron chi connectivity index (χ2n) is 3.99. The van der Waals surface area contributed by atoms with Crippen molar-refractivity contribution in [3.05, 3.63) is 52.5 Å². The fraction of sp³-hybridized carbons (Fsp3) is 0.0909. The number of hydrogen-bond acceptors (Lipinski definition) is 7. The van der Waals surface area contributed by atoms with Gasteiger partial charge in [0.15, 0.2) is 4.90 Å². The molecule has 21 heavy (non-hydrogen) atoms. The summed E-state index contributed by atoms with van der Waals surface area (Å²) in [6.45, 7) is -0.108. The summed E-state index contributed by atoms with van der Waals surface area (Å²) >= 11 is 0. The number of furan rings is 1. The lowest BCUT2D eigenvalue weighted by atomic mass is 10.3. The first-order valence-electron chi connectivity index (χ1n) is 5.71. The molecule has 2 aromatic rings. The lowest BCUT2D eigenvalue weighted by Crippen LogP contribution is -2.24. The third-order valence-corrected chi connectivity index (χ3v) is 4.08. The van der Waals surface area contributed by atoms with Crippen molar-refractivity contribution in [1.29, 1.82) is 0 Å². The molecule has 4 N–H and O–H groups in total. The summed E-state index contributed by atoms with van der Waals surface area (Å²) in [5.74, 6) is 5.54. The summed E-state index contributed by atoms with van der Waals surface area (Å²) in [4.78, 5) is 9.76. The molecular weight excluding hydrogens is 300 g/mol. The van der Waals surface area contributed by atoms with Crippen molar-refractivity contribution in [3.8, 4) is 0 Å². The molecule has 0 bridgehead atoms. The Morgan fingerprint density at radius 1 is 1.33 bits per heavy atom. The SMILES string of the molecule is NNc1ccc(S(=O)(=O)NCc2ccco2)c([N+](=O)[O-])c1. The molecule has 0 spiro atoms. The number of sulfonamides is 1. The van der Waals surface area contributed by atoms with Gasteiger partial charge in [0.25, 0.3) is 5.69 Å². The maximum absolute atomic E-state index is 12.1. The van der Waals surface area contributed by atoms with Gasteiger partial charge in [0.1, 0.15) is 5.76 Å². The van der Waals surface area contributed by atoms with Crippen LogP contribution in [0.1, 0.15) is 5.76 Å². The van der Waals surface area contributed by atoms with E-state index in [9.17, 15) is 18.5 Å². The molecular formula is C11H12N4O5S. The van der Waals surface area contributed by atoms with Gasteiger partial charge in [-0.3, -0.25) is 16.0 Å². The van der Waals surface area contributed by atoms with Crippen molar-refractivity contribution in [2.45, 2.75) is 11.4 Å². The normalized spacial score (nSPS) is 11.3. The molecule has 0 aliphatic rings. The van der Waals surface area contributed by atoms with E-state index in [1.807, 2.05) is 0 Å². The third-order valence-electron chi connectivity index (χ3n) is 2.63. The first-order chi connectivity index (χ1) is 9.94. The van der Waals surface area contributed by atoms with E-state index in [1.165, 1.54) is 12.3 Å². The van der Waals surface area contributed by atoms with Gasteiger partial charge >= 0.3 is 0 Å². The lowest BCUT2D eigenvalue weighted by molar-refractivity contribution is -0.387. The van der Waals surface area contributed by atoms with Crippen molar-refractivity contribution < 1.29 is 17.8 Å². The van der Waals surface area contributed by atoms with E-state index in [0.717, 1.165) is 12.1 Å². The van der Waals surface area contributed by atoms with Gasteiger partial charge in [0.2, 0.25) is 10.0 Å². The molecule has 0 saturated heterocycles. The summed E-state index contributed by atoms with van der Waals surface area (Å²) in [6.07, 6.45) is 1.40. The first-order valence-corrected chi connectivity index (χ1v) is 7.19. The summed E-state index contributed by atoms with van der Waals surface area (Å²) in [6, 6.07) is 6.67. The summed E-state index contributed by atoms with van der Waals surface area (Å²) < 4.78 is 31.5. The van der Waals surface area contributed by atoms with E-state index < -0.39 is 25.5 Å². The number of nitrogens with one attached hydrogen (secondary N) is 2. The highest BCUT2D eigenvalue weighted by Gasteiger charge is 2.26. The van der Waals surface area contributed by atoms with Crippen LogP contribution in [0.2, 0.25) is 0 Å². The number of nitro groups is 1. The first kappa shape index (κ1) is 15.0. The van der Waals surface area contributed by atoms with Crippen LogP contribution in [0.25, 0.3) is 0 Å². The summed E-state index contributed by atoms with van der Waals surface area (Å²) in [7, 11) is -4.06. The Balaban J connectivity index is 2.32. The predicted molar refractivity (Wildman–Crippen MR) is 73.6 cm³/mol. The molecule has 0 saturated carbocycles. The van der Waals surface area contributed by atoms with Crippen LogP contribution >= 0.6 is 0 Å². The quantitative estimate of drug-likeness (QED) is 0.409. The van der Waals surface area contributed by atoms with Crippen LogP contribution in [0.15, 0.2) is 45.9 Å². The molecule has 0 aliphatic heterocycles. The number of rotatable bonds is 6. The molecule has 0 aliphatic carbocycles. The van der Waals surface area contributed by atoms with Gasteiger partial charge in [-0.25, -0.2) is 13.1 Å². The van der Waals surface area contributed by atoms with Gasteiger partial charge in [0.05, 0.1) is 23.4 Å². The minimum Gasteiger partial charge on any atom is -0.468 e. The Morgan fingerprint density at radius 3 is 2.67 bits per heavy atom. The van der Waals surface area contributed by atoms with E-state index in [-0.39, 0.29) is 12.2 Å². The van der Waals surface area contributed by atoms with Crippen LogP contribution in [0.4, 0.5) is 11.4 Å². The highest BCUT2D eigenvalue weighted by atomic mass is 32.2. The molecule has 0 atom stereocenters. The molecule has 2 rings (SSSR count). The molecule has 112 valence electrons. The molecule has 1 aromatic heterocycles. The van der Waals surface area contributed by atoms with Crippen LogP contribution in [0.5, 0.6) is 0 Å². The van der Waals surface area contributed by atoms with Crippen LogP contribution in [0, 0.1) is 10.1 Å². The number of nitrogen functional groups attached to an aromatic ring is 1. The highest BCUT2D eigenvalue weighted by molar-refractivity contribution is 7.89. The monoisotopic (exact) mass is 312 g/mol. The molecule has 0 radical (unpaired) electrons. The molecule has 1 aromatic carbocycles. The Labute approximate surface area is 119 Å². The Kier molecular flexibility index (Phi) is 4.21. The minimum atomic E-state index is -4.06. The Bertz CT molecular complexity index is 742. The third kappa shape index (κ3) is 3.37. The highest BCUT2D eigenvalue weighted by Crippen LogP contribution is 2.26. The molecule has 9 nitrogen and oxygen atoms in total. The number of anilines is 1. The maximum Gasteiger partial charge on any atom is 0.291 e. The van der Waals surface area contributed by atoms with Crippen LogP contribution in [-0.4, -0.2) is 13.3 Å². The van der Waals surface area contributed by atoms with E-state index in [0.29, 0.717) is 5.76 Å². The second kappa shape index (κ2) is 5.91. The maximum atomic E-state index is 12.1. The average molecular weight is 312 g/mol. The largest absolute Gasteiger partial charge is 0.468 e. The fourth-order valence-electron chi connectivity index (χ4n) is 1.63. The topological polar surface area (TPSA) is 140 Å². The zero-order chi connectivity index (χ0) is 15.5. The minimum absolute atomic E-state index is 0.108. The number of nitrogens with zero attached hydrogens (tertiary/aromatic N) is 1. The number of hydrazine groups is 1. The summed E-state index contributed by atoms with van der Waals surface area (Å²) in [5.41, 5.74) is 1.88. The van der Waals surface area contributed by atoms with Gasteiger partial charge < -0.3 is 9.84 Å². The van der Waals surface area contributed by atoms with Crippen molar-refractivity contribution in [1.82, 2.24) is 4.72 Å². The number of nitro benzene ring substituents is 1.